The molecule has 1 heterocycles. The molecule has 2 N–H and O–H groups in total. The van der Waals surface area contributed by atoms with E-state index in [-0.39, 0.29) is 17.6 Å². The molecule has 34 heavy (non-hydrogen) atoms. The van der Waals surface area contributed by atoms with Crippen molar-refractivity contribution in [3.05, 3.63) is 107 Å². The van der Waals surface area contributed by atoms with Crippen LogP contribution in [0.3, 0.4) is 0 Å². The summed E-state index contributed by atoms with van der Waals surface area (Å²) in [4.78, 5) is 32.3. The average Bonchev–Trinajstić information content (AvgIpc) is 3.10. The van der Waals surface area contributed by atoms with Crippen molar-refractivity contribution in [2.75, 3.05) is 6.54 Å². The van der Waals surface area contributed by atoms with Gasteiger partial charge < -0.3 is 5.73 Å². The number of aliphatic imine (C=N–C) groups is 1. The van der Waals surface area contributed by atoms with E-state index in [0.29, 0.717) is 24.4 Å². The fourth-order valence-electron chi connectivity index (χ4n) is 4.43. The van der Waals surface area contributed by atoms with Gasteiger partial charge in [0.1, 0.15) is 5.78 Å². The normalized spacial score (nSPS) is 14.8. The summed E-state index contributed by atoms with van der Waals surface area (Å²) in [5, 5.41) is 0.641. The molecule has 0 bridgehead atoms. The molecule has 0 saturated carbocycles. The molecule has 0 fully saturated rings. The van der Waals surface area contributed by atoms with Crippen LogP contribution >= 0.6 is 11.6 Å². The third kappa shape index (κ3) is 5.05. The Hall–Kier alpha value is -3.44. The number of rotatable bonds is 10. The number of carbonyl (C=O) groups excluding carboxylic acids is 2. The first-order chi connectivity index (χ1) is 16.5. The summed E-state index contributed by atoms with van der Waals surface area (Å²) in [6, 6.07) is 26.5. The maximum absolute atomic E-state index is 13.7. The van der Waals surface area contributed by atoms with Crippen molar-refractivity contribution in [3.8, 4) is 0 Å². The van der Waals surface area contributed by atoms with E-state index in [4.69, 9.17) is 22.3 Å². The number of benzene rings is 3. The molecule has 6 heteroatoms. The molecule has 3 aromatic rings. The minimum Gasteiger partial charge on any atom is -0.369 e. The molecule has 5 nitrogen and oxygen atoms in total. The monoisotopic (exact) mass is 473 g/mol. The summed E-state index contributed by atoms with van der Waals surface area (Å²) in [6.45, 7) is 0.470. The summed E-state index contributed by atoms with van der Waals surface area (Å²) in [5.41, 5.74) is 7.63. The zero-order valence-electron chi connectivity index (χ0n) is 19.0. The highest BCUT2D eigenvalue weighted by Gasteiger charge is 2.50. The first kappa shape index (κ1) is 23.7. The van der Waals surface area contributed by atoms with Gasteiger partial charge in [0.05, 0.1) is 0 Å². The molecule has 1 amide bonds. The summed E-state index contributed by atoms with van der Waals surface area (Å²) in [5.74, 6) is 0.280. The topological polar surface area (TPSA) is 75.8 Å². The molecule has 0 aliphatic carbocycles. The molecule has 1 aliphatic heterocycles. The van der Waals surface area contributed by atoms with Crippen LogP contribution in [0.4, 0.5) is 0 Å². The van der Waals surface area contributed by atoms with Crippen molar-refractivity contribution < 1.29 is 9.59 Å². The number of carbonyl (C=O) groups is 2. The minimum atomic E-state index is -1.17. The Morgan fingerprint density at radius 2 is 1.53 bits per heavy atom. The summed E-state index contributed by atoms with van der Waals surface area (Å²) >= 11 is 5.99. The van der Waals surface area contributed by atoms with E-state index in [1.165, 1.54) is 0 Å². The van der Waals surface area contributed by atoms with Crippen molar-refractivity contribution in [2.45, 2.75) is 37.6 Å². The van der Waals surface area contributed by atoms with Gasteiger partial charge in [-0.3, -0.25) is 14.5 Å². The molecule has 3 aromatic carbocycles. The smallest absolute Gasteiger partial charge is 0.266 e. The predicted molar refractivity (Wildman–Crippen MR) is 136 cm³/mol. The van der Waals surface area contributed by atoms with Gasteiger partial charge in [-0.15, -0.1) is 0 Å². The van der Waals surface area contributed by atoms with Gasteiger partial charge in [0.15, 0.2) is 11.5 Å². The number of halogens is 1. The van der Waals surface area contributed by atoms with E-state index in [2.05, 4.69) is 0 Å². The Labute approximate surface area is 205 Å². The van der Waals surface area contributed by atoms with E-state index in [1.54, 1.807) is 11.0 Å². The van der Waals surface area contributed by atoms with Crippen molar-refractivity contribution >= 4 is 29.3 Å². The molecule has 0 unspecified atom stereocenters. The van der Waals surface area contributed by atoms with E-state index >= 15 is 0 Å². The van der Waals surface area contributed by atoms with Gasteiger partial charge in [-0.25, -0.2) is 4.99 Å². The lowest BCUT2D eigenvalue weighted by molar-refractivity contribution is -0.130. The van der Waals surface area contributed by atoms with Crippen LogP contribution in [0.1, 0.15) is 42.4 Å². The number of hydrogen-bond acceptors (Lipinski definition) is 4. The maximum Gasteiger partial charge on any atom is 0.266 e. The van der Waals surface area contributed by atoms with Gasteiger partial charge in [-0.1, -0.05) is 90.8 Å². The number of hydrogen-bond donors (Lipinski definition) is 1. The predicted octanol–water partition coefficient (Wildman–Crippen LogP) is 5.11. The first-order valence-electron chi connectivity index (χ1n) is 11.5. The number of amides is 1. The van der Waals surface area contributed by atoms with Gasteiger partial charge in [0.25, 0.3) is 5.91 Å². The number of nitrogens with zero attached hydrogens (tertiary/aromatic N) is 2. The van der Waals surface area contributed by atoms with Crippen LogP contribution in [-0.4, -0.2) is 29.1 Å². The Morgan fingerprint density at radius 1 is 0.882 bits per heavy atom. The van der Waals surface area contributed by atoms with Gasteiger partial charge in [-0.2, -0.15) is 0 Å². The molecule has 4 rings (SSSR count). The number of ketones is 1. The molecule has 0 radical (unpaired) electrons. The van der Waals surface area contributed by atoms with Gasteiger partial charge >= 0.3 is 0 Å². The highest BCUT2D eigenvalue weighted by atomic mass is 35.5. The van der Waals surface area contributed by atoms with Gasteiger partial charge in [0, 0.05) is 24.4 Å². The Balaban J connectivity index is 1.36. The second-order valence-electron chi connectivity index (χ2n) is 8.53. The zero-order valence-corrected chi connectivity index (χ0v) is 19.7. The second kappa shape index (κ2) is 10.7. The van der Waals surface area contributed by atoms with Crippen molar-refractivity contribution in [1.29, 1.82) is 0 Å². The quantitative estimate of drug-likeness (QED) is 0.415. The number of guanidine groups is 1. The van der Waals surface area contributed by atoms with Crippen LogP contribution in [0, 0.1) is 0 Å². The highest BCUT2D eigenvalue weighted by Crippen LogP contribution is 2.39. The Morgan fingerprint density at radius 3 is 2.15 bits per heavy atom. The Bertz CT molecular complexity index is 1140. The lowest BCUT2D eigenvalue weighted by atomic mass is 9.83. The van der Waals surface area contributed by atoms with Crippen LogP contribution in [0.25, 0.3) is 0 Å². The van der Waals surface area contributed by atoms with Crippen LogP contribution in [0.15, 0.2) is 89.9 Å². The van der Waals surface area contributed by atoms with Crippen molar-refractivity contribution in [1.82, 2.24) is 4.90 Å². The molecule has 0 saturated heterocycles. The summed E-state index contributed by atoms with van der Waals surface area (Å²) in [7, 11) is 0. The Kier molecular flexibility index (Phi) is 7.43. The fourth-order valence-corrected chi connectivity index (χ4v) is 4.64. The zero-order chi connectivity index (χ0) is 24.0. The lowest BCUT2D eigenvalue weighted by Crippen LogP contribution is -2.44. The SMILES string of the molecule is NC1=NC(c2ccccc2)(c2ccccc2)C(=O)N1CCCCCC(=O)Cc1cccc(Cl)c1. The third-order valence-electron chi connectivity index (χ3n) is 6.12. The van der Waals surface area contributed by atoms with Crippen molar-refractivity contribution in [2.24, 2.45) is 10.7 Å². The molecule has 1 aliphatic rings. The maximum atomic E-state index is 13.7. The third-order valence-corrected chi connectivity index (χ3v) is 6.36. The summed E-state index contributed by atoms with van der Waals surface area (Å²) in [6.07, 6.45) is 3.22. The molecule has 0 atom stereocenters. The second-order valence-corrected chi connectivity index (χ2v) is 8.96. The standard InChI is InChI=1S/C28H28ClN3O2/c29-24-16-10-11-21(19-24)20-25(33)17-8-3-9-18-32-26(34)28(31-27(32)30,22-12-4-1-5-13-22)23-14-6-2-7-15-23/h1-2,4-7,10-16,19H,3,8-9,17-18,20H2,(H2,30,31). The molecular formula is C28H28ClN3O2. The van der Waals surface area contributed by atoms with E-state index < -0.39 is 5.54 Å². The minimum absolute atomic E-state index is 0.139. The molecule has 174 valence electrons. The van der Waals surface area contributed by atoms with E-state index in [0.717, 1.165) is 36.0 Å². The largest absolute Gasteiger partial charge is 0.369 e. The number of Topliss-reactive ketones (excluding diaryl/α,β-unsaturated/α-hetero) is 1. The van der Waals surface area contributed by atoms with Crippen LogP contribution in [0.2, 0.25) is 5.02 Å². The van der Waals surface area contributed by atoms with Crippen LogP contribution in [-0.2, 0) is 21.5 Å². The molecule has 0 aromatic heterocycles. The van der Waals surface area contributed by atoms with Crippen LogP contribution < -0.4 is 5.73 Å². The fraction of sp³-hybridized carbons (Fsp3) is 0.250. The van der Waals surface area contributed by atoms with Gasteiger partial charge in [-0.05, 0) is 41.7 Å². The number of nitrogens with two attached hydrogens (primary N) is 1. The first-order valence-corrected chi connectivity index (χ1v) is 11.9. The lowest BCUT2D eigenvalue weighted by Gasteiger charge is -2.27. The average molecular weight is 474 g/mol. The van der Waals surface area contributed by atoms with E-state index in [1.807, 2.05) is 78.9 Å². The number of unbranched alkanes of at least 4 members (excludes halogenated alkanes) is 2. The summed E-state index contributed by atoms with van der Waals surface area (Å²) < 4.78 is 0. The molecular weight excluding hydrogens is 446 g/mol. The highest BCUT2D eigenvalue weighted by molar-refractivity contribution is 6.30. The van der Waals surface area contributed by atoms with Gasteiger partial charge in [0.2, 0.25) is 0 Å². The van der Waals surface area contributed by atoms with Crippen molar-refractivity contribution in [3.63, 3.8) is 0 Å². The van der Waals surface area contributed by atoms with E-state index in [9.17, 15) is 9.59 Å². The molecule has 0 spiro atoms. The van der Waals surface area contributed by atoms with Crippen LogP contribution in [0.5, 0.6) is 0 Å².